The third-order valence-corrected chi connectivity index (χ3v) is 9.32. The van der Waals surface area contributed by atoms with E-state index in [-0.39, 0.29) is 29.1 Å². The highest BCUT2D eigenvalue weighted by Crippen LogP contribution is 2.36. The number of aromatic nitrogens is 3. The number of hydrogen-bond acceptors (Lipinski definition) is 11. The summed E-state index contributed by atoms with van der Waals surface area (Å²) in [5, 5.41) is 11.4. The molecule has 2 unspecified atom stereocenters. The maximum Gasteiger partial charge on any atom is 0.322 e. The molecule has 2 aromatic carbocycles. The van der Waals surface area contributed by atoms with Crippen LogP contribution in [0, 0.1) is 0 Å². The molecule has 1 aliphatic rings. The number of nitrogens with one attached hydrogen (secondary N) is 2. The largest absolute Gasteiger partial charge is 0.423 e. The van der Waals surface area contributed by atoms with Crippen molar-refractivity contribution in [3.63, 3.8) is 0 Å². The predicted octanol–water partition coefficient (Wildman–Crippen LogP) is 2.34. The van der Waals surface area contributed by atoms with Gasteiger partial charge in [-0.15, -0.1) is 21.5 Å². The van der Waals surface area contributed by atoms with E-state index in [0.717, 1.165) is 22.1 Å². The van der Waals surface area contributed by atoms with Crippen LogP contribution in [-0.4, -0.2) is 85.4 Å². The first-order chi connectivity index (χ1) is 19.9. The quantitative estimate of drug-likeness (QED) is 0.253. The van der Waals surface area contributed by atoms with Crippen LogP contribution < -0.4 is 10.6 Å². The van der Waals surface area contributed by atoms with Crippen molar-refractivity contribution in [3.05, 3.63) is 64.8 Å². The molecule has 0 aliphatic carbocycles. The van der Waals surface area contributed by atoms with Gasteiger partial charge >= 0.3 is 6.03 Å². The molecular weight excluding hydrogens is 584 g/mol. The molecule has 42 heavy (non-hydrogen) atoms. The molecule has 0 bridgehead atoms. The van der Waals surface area contributed by atoms with E-state index in [1.807, 2.05) is 30.3 Å². The molecule has 5 rings (SSSR count). The van der Waals surface area contributed by atoms with Gasteiger partial charge in [0.15, 0.2) is 15.1 Å². The third kappa shape index (κ3) is 5.89. The Morgan fingerprint density at radius 1 is 1.17 bits per heavy atom. The molecule has 4 aromatic rings. The summed E-state index contributed by atoms with van der Waals surface area (Å²) in [6.45, 7) is 2.39. The zero-order valence-electron chi connectivity index (χ0n) is 23.2. The number of urea groups is 1. The first kappa shape index (κ1) is 29.3. The fourth-order valence-electron chi connectivity index (χ4n) is 4.54. The molecular formula is C27H28N6O7S2. The molecule has 3 heterocycles. The number of likely N-dealkylation sites (N-methyl/N-ethyl adjacent to an activating group) is 1. The average Bonchev–Trinajstić information content (AvgIpc) is 3.62. The second-order valence-corrected chi connectivity index (χ2v) is 13.4. The lowest BCUT2D eigenvalue weighted by Crippen LogP contribution is -2.45. The number of sulfone groups is 1. The van der Waals surface area contributed by atoms with Gasteiger partial charge in [-0.25, -0.2) is 18.2 Å². The topological polar surface area (TPSA) is 174 Å². The molecule has 4 amide bonds. The van der Waals surface area contributed by atoms with E-state index in [0.29, 0.717) is 24.2 Å². The van der Waals surface area contributed by atoms with E-state index in [4.69, 9.17) is 9.15 Å². The van der Waals surface area contributed by atoms with E-state index >= 15 is 0 Å². The molecule has 220 valence electrons. The van der Waals surface area contributed by atoms with Gasteiger partial charge in [-0.05, 0) is 42.3 Å². The molecule has 0 spiro atoms. The Bertz CT molecular complexity index is 1800. The van der Waals surface area contributed by atoms with Crippen LogP contribution >= 0.6 is 11.3 Å². The highest BCUT2D eigenvalue weighted by Gasteiger charge is 2.44. The molecule has 2 aromatic heterocycles. The van der Waals surface area contributed by atoms with Crippen molar-refractivity contribution < 1.29 is 32.0 Å². The van der Waals surface area contributed by atoms with Crippen LogP contribution in [0.1, 0.15) is 39.3 Å². The Kier molecular flexibility index (Phi) is 7.83. The minimum atomic E-state index is -3.81. The minimum absolute atomic E-state index is 0.0100. The van der Waals surface area contributed by atoms with E-state index in [1.165, 1.54) is 18.3 Å². The molecule has 0 saturated carbocycles. The molecule has 1 aliphatic heterocycles. The van der Waals surface area contributed by atoms with Gasteiger partial charge in [-0.2, -0.15) is 0 Å². The highest BCUT2D eigenvalue weighted by atomic mass is 32.2. The number of amides is 4. The number of hydrogen-bond donors (Lipinski definition) is 2. The van der Waals surface area contributed by atoms with E-state index in [9.17, 15) is 22.8 Å². The Morgan fingerprint density at radius 3 is 2.62 bits per heavy atom. The molecule has 2 atom stereocenters. The van der Waals surface area contributed by atoms with Gasteiger partial charge in [0, 0.05) is 32.5 Å². The van der Waals surface area contributed by atoms with Crippen molar-refractivity contribution in [2.24, 2.45) is 0 Å². The third-order valence-electron chi connectivity index (χ3n) is 6.81. The van der Waals surface area contributed by atoms with Crippen molar-refractivity contribution in [1.82, 2.24) is 30.7 Å². The Balaban J connectivity index is 1.43. The normalized spacial score (nSPS) is 17.7. The predicted molar refractivity (Wildman–Crippen MR) is 154 cm³/mol. The fraction of sp³-hybridized carbons (Fsp3) is 0.333. The first-order valence-electron chi connectivity index (χ1n) is 12.8. The number of fused-ring (bicyclic) bond motifs is 1. The number of carbonyl (C=O) groups excluding carboxylic acids is 3. The van der Waals surface area contributed by atoms with Crippen LogP contribution in [0.25, 0.3) is 21.3 Å². The average molecular weight is 613 g/mol. The summed E-state index contributed by atoms with van der Waals surface area (Å²) in [7, 11) is -0.512. The van der Waals surface area contributed by atoms with Crippen LogP contribution in [0.3, 0.4) is 0 Å². The summed E-state index contributed by atoms with van der Waals surface area (Å²) in [5.41, 5.74) is 1.44. The molecule has 1 fully saturated rings. The number of thiazole rings is 1. The van der Waals surface area contributed by atoms with Crippen molar-refractivity contribution in [1.29, 1.82) is 0 Å². The summed E-state index contributed by atoms with van der Waals surface area (Å²) in [4.78, 5) is 42.7. The van der Waals surface area contributed by atoms with Crippen LogP contribution in [-0.2, 0) is 25.8 Å². The second-order valence-electron chi connectivity index (χ2n) is 10.2. The smallest absolute Gasteiger partial charge is 0.322 e. The summed E-state index contributed by atoms with van der Waals surface area (Å²) in [6, 6.07) is 12.1. The Morgan fingerprint density at radius 2 is 1.93 bits per heavy atom. The molecule has 0 radical (unpaired) electrons. The number of rotatable bonds is 10. The summed E-state index contributed by atoms with van der Waals surface area (Å²) in [6.07, 6.45) is 0.929. The van der Waals surface area contributed by atoms with Crippen molar-refractivity contribution in [2.75, 3.05) is 33.6 Å². The van der Waals surface area contributed by atoms with Gasteiger partial charge < -0.3 is 19.4 Å². The van der Waals surface area contributed by atoms with Crippen molar-refractivity contribution in [3.8, 4) is 11.1 Å². The first-order valence-corrected chi connectivity index (χ1v) is 15.5. The van der Waals surface area contributed by atoms with Crippen molar-refractivity contribution >= 4 is 49.2 Å². The Labute approximate surface area is 245 Å². The number of methoxy groups -OCH3 is 1. The van der Waals surface area contributed by atoms with Crippen molar-refractivity contribution in [2.45, 2.75) is 24.1 Å². The molecule has 13 nitrogen and oxygen atoms in total. The summed E-state index contributed by atoms with van der Waals surface area (Å²) in [5.74, 6) is -0.884. The second kappa shape index (κ2) is 11.2. The van der Waals surface area contributed by atoms with Gasteiger partial charge in [-0.3, -0.25) is 14.9 Å². The zero-order chi connectivity index (χ0) is 30.2. The lowest BCUT2D eigenvalue weighted by Gasteiger charge is -2.17. The monoisotopic (exact) mass is 612 g/mol. The Hall–Kier alpha value is -4.21. The van der Waals surface area contributed by atoms with Crippen LogP contribution in [0.5, 0.6) is 0 Å². The summed E-state index contributed by atoms with van der Waals surface area (Å²) >= 11 is 1.17. The lowest BCUT2D eigenvalue weighted by molar-refractivity contribution is -0.123. The lowest BCUT2D eigenvalue weighted by atomic mass is 9.98. The number of carbonyl (C=O) groups is 3. The van der Waals surface area contributed by atoms with Gasteiger partial charge in [-0.1, -0.05) is 18.2 Å². The van der Waals surface area contributed by atoms with E-state index in [2.05, 4.69) is 25.8 Å². The highest BCUT2D eigenvalue weighted by molar-refractivity contribution is 7.91. The van der Waals surface area contributed by atoms with Crippen LogP contribution in [0.2, 0.25) is 0 Å². The maximum absolute atomic E-state index is 12.9. The number of imide groups is 1. The van der Waals surface area contributed by atoms with Gasteiger partial charge in [0.25, 0.3) is 11.8 Å². The van der Waals surface area contributed by atoms with E-state index < -0.39 is 32.6 Å². The SMILES string of the molecule is COCCN(C)C(=O)c1cccc(-c2ccc3nc(C(c4nnc(CC5(C)NC(=O)NC5=O)o4)S(C)(=O)=O)sc3c2)c1. The van der Waals surface area contributed by atoms with Crippen LogP contribution in [0.15, 0.2) is 46.9 Å². The number of nitrogens with zero attached hydrogens (tertiary/aromatic N) is 4. The fourth-order valence-corrected chi connectivity index (χ4v) is 7.07. The molecule has 1 saturated heterocycles. The number of ether oxygens (including phenoxy) is 1. The van der Waals surface area contributed by atoms with Gasteiger partial charge in [0.2, 0.25) is 11.8 Å². The van der Waals surface area contributed by atoms with Crippen LogP contribution in [0.4, 0.5) is 4.79 Å². The molecule has 15 heteroatoms. The molecule has 2 N–H and O–H groups in total. The minimum Gasteiger partial charge on any atom is -0.423 e. The van der Waals surface area contributed by atoms with Gasteiger partial charge in [0.1, 0.15) is 10.5 Å². The zero-order valence-corrected chi connectivity index (χ0v) is 24.8. The maximum atomic E-state index is 12.9. The number of benzene rings is 2. The van der Waals surface area contributed by atoms with Gasteiger partial charge in [0.05, 0.1) is 23.2 Å². The summed E-state index contributed by atoms with van der Waals surface area (Å²) < 4.78 is 37.3. The standard InChI is InChI=1S/C27H28N6O7S2/c1-27(25(35)29-26(36)30-27)14-20-31-32-22(40-20)21(42(4,37)38)23-28-18-9-8-16(13-19(18)41-23)15-6-5-7-17(12-15)24(34)33(2)10-11-39-3/h5-9,12-13,21H,10-11,14H2,1-4H3,(H2,29,30,35,36). The van der Waals surface area contributed by atoms with E-state index in [1.54, 1.807) is 31.2 Å².